The van der Waals surface area contributed by atoms with E-state index in [-0.39, 0.29) is 0 Å². The second-order valence-corrected chi connectivity index (χ2v) is 13.1. The molecule has 5 nitrogen and oxygen atoms in total. The van der Waals surface area contributed by atoms with E-state index in [2.05, 4.69) is 83.7 Å². The standard InChI is InChI=1S/C48H28N4O/c1-49-42-21-10-9-17-36(42)31-22-24-33(25-23-31)47-50-46(32-13-3-2-4-14-32)51-48(52-47)34-26-27-43-41(28-34)45-39-19-8-7-18-38(39)40(29-44(45)53-43)37-20-11-15-30-12-5-6-16-35(30)37/h2-29H. The fraction of sp³-hybridized carbons (Fsp3) is 0. The highest BCUT2D eigenvalue weighted by Gasteiger charge is 2.19. The summed E-state index contributed by atoms with van der Waals surface area (Å²) >= 11 is 0. The van der Waals surface area contributed by atoms with Crippen LogP contribution in [0.3, 0.4) is 0 Å². The van der Waals surface area contributed by atoms with Gasteiger partial charge in [0.05, 0.1) is 6.57 Å². The van der Waals surface area contributed by atoms with Gasteiger partial charge in [-0.15, -0.1) is 0 Å². The van der Waals surface area contributed by atoms with Gasteiger partial charge in [0.2, 0.25) is 0 Å². The van der Waals surface area contributed by atoms with Crippen LogP contribution in [0, 0.1) is 6.57 Å². The average Bonchev–Trinajstić information content (AvgIpc) is 3.61. The summed E-state index contributed by atoms with van der Waals surface area (Å²) in [6.45, 7) is 7.61. The molecule has 0 bridgehead atoms. The third-order valence-corrected chi connectivity index (χ3v) is 9.96. The van der Waals surface area contributed by atoms with Gasteiger partial charge in [-0.2, -0.15) is 0 Å². The van der Waals surface area contributed by atoms with E-state index in [4.69, 9.17) is 25.9 Å². The Bertz CT molecular complexity index is 3060. The normalized spacial score (nSPS) is 11.4. The lowest BCUT2D eigenvalue weighted by Crippen LogP contribution is -2.00. The highest BCUT2D eigenvalue weighted by Crippen LogP contribution is 2.42. The first-order valence-electron chi connectivity index (χ1n) is 17.5. The van der Waals surface area contributed by atoms with Crippen LogP contribution in [0.15, 0.2) is 174 Å². The van der Waals surface area contributed by atoms with Crippen molar-refractivity contribution in [2.45, 2.75) is 0 Å². The van der Waals surface area contributed by atoms with Crippen LogP contribution in [0.2, 0.25) is 0 Å². The minimum Gasteiger partial charge on any atom is -0.456 e. The van der Waals surface area contributed by atoms with Gasteiger partial charge in [-0.1, -0.05) is 146 Å². The molecule has 0 fully saturated rings. The third-order valence-electron chi connectivity index (χ3n) is 9.96. The molecule has 0 aliphatic heterocycles. The molecular weight excluding hydrogens is 649 g/mol. The van der Waals surface area contributed by atoms with Gasteiger partial charge in [-0.05, 0) is 68.1 Å². The maximum atomic E-state index is 7.61. The summed E-state index contributed by atoms with van der Waals surface area (Å²) in [6.07, 6.45) is 0. The van der Waals surface area contributed by atoms with Crippen molar-refractivity contribution in [3.05, 3.63) is 181 Å². The molecular formula is C48H28N4O. The van der Waals surface area contributed by atoms with Gasteiger partial charge in [0.25, 0.3) is 0 Å². The van der Waals surface area contributed by atoms with Crippen LogP contribution in [0.25, 0.3) is 105 Å². The third kappa shape index (κ3) is 5.21. The Morgan fingerprint density at radius 3 is 1.77 bits per heavy atom. The Kier molecular flexibility index (Phi) is 7.12. The molecule has 246 valence electrons. The molecule has 53 heavy (non-hydrogen) atoms. The number of rotatable bonds is 5. The first-order chi connectivity index (χ1) is 26.2. The Balaban J connectivity index is 1.14. The first kappa shape index (κ1) is 30.4. The molecule has 0 N–H and O–H groups in total. The largest absolute Gasteiger partial charge is 0.456 e. The van der Waals surface area contributed by atoms with Crippen molar-refractivity contribution in [1.82, 2.24) is 15.0 Å². The molecule has 2 aromatic heterocycles. The molecule has 10 aromatic rings. The quantitative estimate of drug-likeness (QED) is 0.170. The van der Waals surface area contributed by atoms with Crippen molar-refractivity contribution >= 4 is 49.2 Å². The number of hydrogen-bond donors (Lipinski definition) is 0. The maximum absolute atomic E-state index is 7.61. The first-order valence-corrected chi connectivity index (χ1v) is 17.5. The number of hydrogen-bond acceptors (Lipinski definition) is 4. The van der Waals surface area contributed by atoms with Gasteiger partial charge in [0.15, 0.2) is 23.2 Å². The van der Waals surface area contributed by atoms with Crippen LogP contribution in [0.4, 0.5) is 5.69 Å². The van der Waals surface area contributed by atoms with E-state index >= 15 is 0 Å². The predicted octanol–water partition coefficient (Wildman–Crippen LogP) is 13.0. The van der Waals surface area contributed by atoms with Crippen molar-refractivity contribution in [3.8, 4) is 56.4 Å². The zero-order valence-electron chi connectivity index (χ0n) is 28.4. The van der Waals surface area contributed by atoms with Gasteiger partial charge in [-0.25, -0.2) is 19.8 Å². The zero-order valence-corrected chi connectivity index (χ0v) is 28.4. The molecule has 0 spiro atoms. The lowest BCUT2D eigenvalue weighted by atomic mass is 9.92. The van der Waals surface area contributed by atoms with Gasteiger partial charge >= 0.3 is 0 Å². The van der Waals surface area contributed by atoms with Crippen molar-refractivity contribution in [3.63, 3.8) is 0 Å². The number of benzene rings is 8. The fourth-order valence-corrected chi connectivity index (χ4v) is 7.43. The van der Waals surface area contributed by atoms with Crippen molar-refractivity contribution in [2.75, 3.05) is 0 Å². The highest BCUT2D eigenvalue weighted by atomic mass is 16.3. The SMILES string of the molecule is [C-]#[N+]c1ccccc1-c1ccc(-c2nc(-c3ccccc3)nc(-c3ccc4oc5cc(-c6cccc7ccccc67)c6ccccc6c5c4c3)n2)cc1. The van der Waals surface area contributed by atoms with Crippen LogP contribution in [-0.4, -0.2) is 15.0 Å². The average molecular weight is 677 g/mol. The Hall–Kier alpha value is -7.42. The number of furan rings is 1. The van der Waals surface area contributed by atoms with Gasteiger partial charge in [0.1, 0.15) is 11.2 Å². The fourth-order valence-electron chi connectivity index (χ4n) is 7.43. The monoisotopic (exact) mass is 676 g/mol. The lowest BCUT2D eigenvalue weighted by Gasteiger charge is -2.11. The van der Waals surface area contributed by atoms with Crippen LogP contribution >= 0.6 is 0 Å². The van der Waals surface area contributed by atoms with Crippen molar-refractivity contribution in [1.29, 1.82) is 0 Å². The summed E-state index contributed by atoms with van der Waals surface area (Å²) in [7, 11) is 0. The zero-order chi connectivity index (χ0) is 35.3. The molecule has 0 saturated heterocycles. The summed E-state index contributed by atoms with van der Waals surface area (Å²) in [6, 6.07) is 57.6. The molecule has 0 radical (unpaired) electrons. The molecule has 0 atom stereocenters. The van der Waals surface area contributed by atoms with Gasteiger partial charge < -0.3 is 4.42 Å². The number of fused-ring (bicyclic) bond motifs is 6. The van der Waals surface area contributed by atoms with E-state index in [0.717, 1.165) is 60.7 Å². The number of aromatic nitrogens is 3. The van der Waals surface area contributed by atoms with Crippen LogP contribution in [0.1, 0.15) is 0 Å². The number of nitrogens with zero attached hydrogens (tertiary/aromatic N) is 4. The van der Waals surface area contributed by atoms with Gasteiger partial charge in [-0.3, -0.25) is 0 Å². The Morgan fingerprint density at radius 2 is 0.981 bits per heavy atom. The molecule has 0 amide bonds. The molecule has 0 saturated carbocycles. The molecule has 0 unspecified atom stereocenters. The van der Waals surface area contributed by atoms with E-state index in [9.17, 15) is 0 Å². The van der Waals surface area contributed by atoms with Gasteiger partial charge in [0, 0.05) is 27.5 Å². The molecule has 0 aliphatic carbocycles. The molecule has 8 aromatic carbocycles. The van der Waals surface area contributed by atoms with E-state index < -0.39 is 0 Å². The topological polar surface area (TPSA) is 56.2 Å². The van der Waals surface area contributed by atoms with E-state index in [0.29, 0.717) is 23.2 Å². The van der Waals surface area contributed by atoms with Crippen molar-refractivity contribution in [2.24, 2.45) is 0 Å². The summed E-state index contributed by atoms with van der Waals surface area (Å²) < 4.78 is 6.60. The predicted molar refractivity (Wildman–Crippen MR) is 216 cm³/mol. The maximum Gasteiger partial charge on any atom is 0.194 e. The molecule has 2 heterocycles. The molecule has 5 heteroatoms. The van der Waals surface area contributed by atoms with E-state index in [1.54, 1.807) is 0 Å². The minimum absolute atomic E-state index is 0.571. The summed E-state index contributed by atoms with van der Waals surface area (Å²) in [4.78, 5) is 18.7. The summed E-state index contributed by atoms with van der Waals surface area (Å²) in [5, 5.41) is 6.78. The van der Waals surface area contributed by atoms with Crippen LogP contribution < -0.4 is 0 Å². The van der Waals surface area contributed by atoms with Crippen molar-refractivity contribution < 1.29 is 4.42 Å². The Labute approximate surface area is 305 Å². The molecule has 10 rings (SSSR count). The van der Waals surface area contributed by atoms with Crippen LogP contribution in [-0.2, 0) is 0 Å². The second-order valence-electron chi connectivity index (χ2n) is 13.1. The Morgan fingerprint density at radius 1 is 0.396 bits per heavy atom. The summed E-state index contributed by atoms with van der Waals surface area (Å²) in [5.41, 5.74) is 9.06. The van der Waals surface area contributed by atoms with E-state index in [1.807, 2.05) is 91.0 Å². The lowest BCUT2D eigenvalue weighted by molar-refractivity contribution is 0.669. The number of para-hydroxylation sites is 1. The highest BCUT2D eigenvalue weighted by molar-refractivity contribution is 6.23. The summed E-state index contributed by atoms with van der Waals surface area (Å²) in [5.74, 6) is 1.74. The smallest absolute Gasteiger partial charge is 0.194 e. The van der Waals surface area contributed by atoms with E-state index in [1.165, 1.54) is 21.7 Å². The second kappa shape index (κ2) is 12.4. The minimum atomic E-state index is 0.571. The van der Waals surface area contributed by atoms with Crippen LogP contribution in [0.5, 0.6) is 0 Å². The molecule has 0 aliphatic rings.